The van der Waals surface area contributed by atoms with Gasteiger partial charge < -0.3 is 10.2 Å². The summed E-state index contributed by atoms with van der Waals surface area (Å²) in [4.78, 5) is 14.5. The van der Waals surface area contributed by atoms with Gasteiger partial charge in [-0.1, -0.05) is 19.1 Å². The summed E-state index contributed by atoms with van der Waals surface area (Å²) in [7, 11) is 0. The van der Waals surface area contributed by atoms with Crippen LogP contribution < -0.4 is 10.2 Å². The van der Waals surface area contributed by atoms with Crippen LogP contribution in [0.5, 0.6) is 0 Å². The van der Waals surface area contributed by atoms with Crippen molar-refractivity contribution in [1.29, 1.82) is 5.26 Å². The average Bonchev–Trinajstić information content (AvgIpc) is 2.63. The van der Waals surface area contributed by atoms with Crippen LogP contribution in [0, 0.1) is 17.2 Å². The molecule has 1 aromatic heterocycles. The summed E-state index contributed by atoms with van der Waals surface area (Å²) in [6.07, 6.45) is 2.30. The van der Waals surface area contributed by atoms with E-state index in [0.717, 1.165) is 37.7 Å². The van der Waals surface area contributed by atoms with Gasteiger partial charge in [-0.15, -0.1) is 10.2 Å². The first kappa shape index (κ1) is 15.9. The van der Waals surface area contributed by atoms with E-state index in [2.05, 4.69) is 33.4 Å². The molecule has 1 saturated heterocycles. The molecule has 6 heteroatoms. The van der Waals surface area contributed by atoms with Gasteiger partial charge in [0.15, 0.2) is 11.5 Å². The van der Waals surface area contributed by atoms with E-state index in [1.54, 1.807) is 30.3 Å². The van der Waals surface area contributed by atoms with Gasteiger partial charge in [0, 0.05) is 13.1 Å². The summed E-state index contributed by atoms with van der Waals surface area (Å²) >= 11 is 0. The van der Waals surface area contributed by atoms with E-state index >= 15 is 0 Å². The number of amides is 1. The number of nitrogens with zero attached hydrogens (tertiary/aromatic N) is 4. The minimum absolute atomic E-state index is 0.233. The van der Waals surface area contributed by atoms with Crippen molar-refractivity contribution in [2.75, 3.05) is 23.3 Å². The second-order valence-electron chi connectivity index (χ2n) is 6.06. The minimum Gasteiger partial charge on any atom is -0.355 e. The molecule has 24 heavy (non-hydrogen) atoms. The van der Waals surface area contributed by atoms with E-state index in [1.165, 1.54) is 0 Å². The second kappa shape index (κ2) is 7.09. The van der Waals surface area contributed by atoms with Crippen molar-refractivity contribution in [3.63, 3.8) is 0 Å². The maximum absolute atomic E-state index is 12.3. The van der Waals surface area contributed by atoms with Gasteiger partial charge in [-0.3, -0.25) is 4.79 Å². The quantitative estimate of drug-likeness (QED) is 0.940. The molecule has 0 aliphatic carbocycles. The number of carbonyl (C=O) groups is 1. The Morgan fingerprint density at radius 1 is 1.21 bits per heavy atom. The van der Waals surface area contributed by atoms with Crippen molar-refractivity contribution in [1.82, 2.24) is 10.2 Å². The molecular formula is C18H19N5O. The van der Waals surface area contributed by atoms with Crippen LogP contribution in [-0.2, 0) is 0 Å². The molecule has 0 unspecified atom stereocenters. The molecule has 0 bridgehead atoms. The highest BCUT2D eigenvalue weighted by molar-refractivity contribution is 6.03. The van der Waals surface area contributed by atoms with Gasteiger partial charge in [-0.05, 0) is 43.0 Å². The van der Waals surface area contributed by atoms with E-state index in [4.69, 9.17) is 5.26 Å². The molecule has 1 N–H and O–H groups in total. The Balaban J connectivity index is 1.69. The Morgan fingerprint density at radius 3 is 2.62 bits per heavy atom. The Hall–Kier alpha value is -2.94. The van der Waals surface area contributed by atoms with Crippen LogP contribution in [-0.4, -0.2) is 29.2 Å². The van der Waals surface area contributed by atoms with Crippen molar-refractivity contribution in [3.05, 3.63) is 47.7 Å². The third-order valence-corrected chi connectivity index (χ3v) is 4.29. The lowest BCUT2D eigenvalue weighted by atomic mass is 9.99. The number of nitrogens with one attached hydrogen (secondary N) is 1. The normalized spacial score (nSPS) is 14.9. The van der Waals surface area contributed by atoms with Crippen LogP contribution in [0.2, 0.25) is 0 Å². The summed E-state index contributed by atoms with van der Waals surface area (Å²) < 4.78 is 0. The van der Waals surface area contributed by atoms with Gasteiger partial charge in [0.1, 0.15) is 6.07 Å². The number of hydrogen-bond acceptors (Lipinski definition) is 5. The zero-order valence-electron chi connectivity index (χ0n) is 13.6. The number of anilines is 2. The SMILES string of the molecule is CC1CCN(c2ccc(C(=O)Nc3ccccc3C#N)nn2)CC1. The Bertz CT molecular complexity index is 758. The largest absolute Gasteiger partial charge is 0.355 e. The second-order valence-corrected chi connectivity index (χ2v) is 6.06. The van der Waals surface area contributed by atoms with Gasteiger partial charge in [0.05, 0.1) is 11.3 Å². The molecule has 0 saturated carbocycles. The molecule has 122 valence electrons. The third kappa shape index (κ3) is 3.51. The molecule has 1 fully saturated rings. The van der Waals surface area contributed by atoms with Gasteiger partial charge in [-0.25, -0.2) is 0 Å². The van der Waals surface area contributed by atoms with Crippen LogP contribution in [0.15, 0.2) is 36.4 Å². The fourth-order valence-corrected chi connectivity index (χ4v) is 2.73. The third-order valence-electron chi connectivity index (χ3n) is 4.29. The van der Waals surface area contributed by atoms with Crippen LogP contribution in [0.3, 0.4) is 0 Å². The van der Waals surface area contributed by atoms with Crippen molar-refractivity contribution in [2.45, 2.75) is 19.8 Å². The first-order valence-corrected chi connectivity index (χ1v) is 8.06. The number of aromatic nitrogens is 2. The van der Waals surface area contributed by atoms with Gasteiger partial charge in [-0.2, -0.15) is 5.26 Å². The van der Waals surface area contributed by atoms with E-state index in [0.29, 0.717) is 11.3 Å². The number of benzene rings is 1. The van der Waals surface area contributed by atoms with Gasteiger partial charge in [0.25, 0.3) is 5.91 Å². The van der Waals surface area contributed by atoms with E-state index < -0.39 is 0 Å². The molecule has 0 spiro atoms. The fraction of sp³-hybridized carbons (Fsp3) is 0.333. The smallest absolute Gasteiger partial charge is 0.276 e. The summed E-state index contributed by atoms with van der Waals surface area (Å²) in [5.74, 6) is 1.18. The standard InChI is InChI=1S/C18H19N5O/c1-13-8-10-23(11-9-13)17-7-6-16(21-22-17)18(24)20-15-5-3-2-4-14(15)12-19/h2-7,13H,8-11H2,1H3,(H,20,24). The molecule has 2 aromatic rings. The number of piperidine rings is 1. The summed E-state index contributed by atoms with van der Waals surface area (Å²) in [6, 6.07) is 12.4. The van der Waals surface area contributed by atoms with Crippen molar-refractivity contribution < 1.29 is 4.79 Å². The van der Waals surface area contributed by atoms with Crippen molar-refractivity contribution in [3.8, 4) is 6.07 Å². The lowest BCUT2D eigenvalue weighted by Crippen LogP contribution is -2.33. The maximum Gasteiger partial charge on any atom is 0.276 e. The summed E-state index contributed by atoms with van der Waals surface area (Å²) in [5.41, 5.74) is 1.12. The Morgan fingerprint density at radius 2 is 1.96 bits per heavy atom. The molecule has 0 atom stereocenters. The predicted molar refractivity (Wildman–Crippen MR) is 91.8 cm³/mol. The molecule has 1 aromatic carbocycles. The molecule has 1 aliphatic heterocycles. The summed E-state index contributed by atoms with van der Waals surface area (Å²) in [5, 5.41) is 20.0. The van der Waals surface area contributed by atoms with Crippen LogP contribution in [0.25, 0.3) is 0 Å². The zero-order chi connectivity index (χ0) is 16.9. The molecule has 2 heterocycles. The molecule has 1 aliphatic rings. The molecule has 3 rings (SSSR count). The zero-order valence-corrected chi connectivity index (χ0v) is 13.6. The number of nitriles is 1. The number of rotatable bonds is 3. The maximum atomic E-state index is 12.3. The minimum atomic E-state index is -0.371. The Labute approximate surface area is 141 Å². The molecule has 0 radical (unpaired) electrons. The van der Waals surface area contributed by atoms with E-state index in [1.807, 2.05) is 6.07 Å². The highest BCUT2D eigenvalue weighted by atomic mass is 16.1. The lowest BCUT2D eigenvalue weighted by Gasteiger charge is -2.30. The number of hydrogen-bond donors (Lipinski definition) is 1. The van der Waals surface area contributed by atoms with E-state index in [-0.39, 0.29) is 11.6 Å². The lowest BCUT2D eigenvalue weighted by molar-refractivity contribution is 0.102. The molecule has 1 amide bonds. The topological polar surface area (TPSA) is 81.9 Å². The number of para-hydroxylation sites is 1. The Kier molecular flexibility index (Phi) is 4.71. The van der Waals surface area contributed by atoms with Crippen molar-refractivity contribution >= 4 is 17.4 Å². The first-order valence-electron chi connectivity index (χ1n) is 8.06. The highest BCUT2D eigenvalue weighted by Gasteiger charge is 2.18. The van der Waals surface area contributed by atoms with E-state index in [9.17, 15) is 4.79 Å². The van der Waals surface area contributed by atoms with Crippen LogP contribution >= 0.6 is 0 Å². The molecule has 6 nitrogen and oxygen atoms in total. The summed E-state index contributed by atoms with van der Waals surface area (Å²) in [6.45, 7) is 4.20. The van der Waals surface area contributed by atoms with Gasteiger partial charge in [0.2, 0.25) is 0 Å². The molecular weight excluding hydrogens is 302 g/mol. The highest BCUT2D eigenvalue weighted by Crippen LogP contribution is 2.21. The first-order chi connectivity index (χ1) is 11.7. The van der Waals surface area contributed by atoms with Crippen LogP contribution in [0.1, 0.15) is 35.8 Å². The fourth-order valence-electron chi connectivity index (χ4n) is 2.73. The van der Waals surface area contributed by atoms with Crippen molar-refractivity contribution in [2.24, 2.45) is 5.92 Å². The predicted octanol–water partition coefficient (Wildman–Crippen LogP) is 2.84. The average molecular weight is 321 g/mol. The number of carbonyl (C=O) groups excluding carboxylic acids is 1. The monoisotopic (exact) mass is 321 g/mol. The van der Waals surface area contributed by atoms with Crippen LogP contribution in [0.4, 0.5) is 11.5 Å². The van der Waals surface area contributed by atoms with Gasteiger partial charge >= 0.3 is 0 Å².